The summed E-state index contributed by atoms with van der Waals surface area (Å²) in [5.41, 5.74) is 8.02. The minimum atomic E-state index is 0.0288. The van der Waals surface area contributed by atoms with Crippen LogP contribution in [0.25, 0.3) is 0 Å². The second-order valence-corrected chi connectivity index (χ2v) is 6.17. The first kappa shape index (κ1) is 12.5. The lowest BCUT2D eigenvalue weighted by atomic mass is 9.89. The van der Waals surface area contributed by atoms with Gasteiger partial charge in [0.1, 0.15) is 0 Å². The fourth-order valence-electron chi connectivity index (χ4n) is 3.85. The maximum absolute atomic E-state index is 11.5. The van der Waals surface area contributed by atoms with Crippen LogP contribution in [0.5, 0.6) is 0 Å². The fraction of sp³-hybridized carbons (Fsp3) is 0.562. The van der Waals surface area contributed by atoms with Crippen molar-refractivity contribution < 1.29 is 4.79 Å². The van der Waals surface area contributed by atoms with Gasteiger partial charge < -0.3 is 11.1 Å². The molecule has 0 aromatic heterocycles. The molecule has 3 nitrogen and oxygen atoms in total. The van der Waals surface area contributed by atoms with E-state index in [9.17, 15) is 4.79 Å². The molecule has 0 aliphatic heterocycles. The minimum Gasteiger partial charge on any atom is -0.398 e. The number of nitrogen functional groups attached to an aromatic ring is 1. The van der Waals surface area contributed by atoms with E-state index in [-0.39, 0.29) is 5.78 Å². The van der Waals surface area contributed by atoms with Crippen LogP contribution >= 0.6 is 0 Å². The van der Waals surface area contributed by atoms with Crippen LogP contribution in [0, 0.1) is 17.8 Å². The smallest absolute Gasteiger partial charge is 0.161 e. The van der Waals surface area contributed by atoms with E-state index in [1.165, 1.54) is 25.7 Å². The molecule has 3 N–H and O–H groups in total. The molecule has 3 atom stereocenters. The Bertz CT molecular complexity index is 498. The highest BCUT2D eigenvalue weighted by Gasteiger charge is 2.38. The van der Waals surface area contributed by atoms with Crippen molar-refractivity contribution in [1.82, 2.24) is 0 Å². The predicted molar refractivity (Wildman–Crippen MR) is 78.3 cm³/mol. The Hall–Kier alpha value is -1.51. The van der Waals surface area contributed by atoms with Gasteiger partial charge in [0.25, 0.3) is 0 Å². The summed E-state index contributed by atoms with van der Waals surface area (Å²) in [7, 11) is 0. The molecule has 19 heavy (non-hydrogen) atoms. The standard InChI is InChI=1S/C16H22N2O/c1-10(19)15-8-14(4-5-16(15)17)18-9-13-7-11-2-3-12(13)6-11/h4-5,8,11-13,18H,2-3,6-7,9,17H2,1H3. The van der Waals surface area contributed by atoms with Gasteiger partial charge in [-0.25, -0.2) is 0 Å². The van der Waals surface area contributed by atoms with E-state index in [0.29, 0.717) is 11.3 Å². The Balaban J connectivity index is 1.64. The average Bonchev–Trinajstić information content (AvgIpc) is 2.99. The van der Waals surface area contributed by atoms with Crippen molar-refractivity contribution in [3.63, 3.8) is 0 Å². The molecule has 0 heterocycles. The van der Waals surface area contributed by atoms with Crippen molar-refractivity contribution in [1.29, 1.82) is 0 Å². The van der Waals surface area contributed by atoms with Crippen LogP contribution in [0.2, 0.25) is 0 Å². The van der Waals surface area contributed by atoms with Crippen molar-refractivity contribution >= 4 is 17.2 Å². The van der Waals surface area contributed by atoms with Gasteiger partial charge in [0, 0.05) is 23.5 Å². The van der Waals surface area contributed by atoms with E-state index in [1.807, 2.05) is 18.2 Å². The monoisotopic (exact) mass is 258 g/mol. The molecule has 3 heteroatoms. The number of hydrogen-bond acceptors (Lipinski definition) is 3. The van der Waals surface area contributed by atoms with Crippen LogP contribution in [-0.2, 0) is 0 Å². The second kappa shape index (κ2) is 4.87. The Morgan fingerprint density at radius 3 is 2.84 bits per heavy atom. The van der Waals surface area contributed by atoms with Gasteiger partial charge in [-0.15, -0.1) is 0 Å². The highest BCUT2D eigenvalue weighted by molar-refractivity contribution is 5.99. The molecule has 0 spiro atoms. The number of carbonyl (C=O) groups is 1. The molecular weight excluding hydrogens is 236 g/mol. The highest BCUT2D eigenvalue weighted by Crippen LogP contribution is 2.48. The number of anilines is 2. The zero-order valence-electron chi connectivity index (χ0n) is 11.5. The van der Waals surface area contributed by atoms with Gasteiger partial charge >= 0.3 is 0 Å². The number of hydrogen-bond donors (Lipinski definition) is 2. The predicted octanol–water partition coefficient (Wildman–Crippen LogP) is 3.32. The molecule has 2 aliphatic rings. The second-order valence-electron chi connectivity index (χ2n) is 6.17. The summed E-state index contributed by atoms with van der Waals surface area (Å²) < 4.78 is 0. The van der Waals surface area contributed by atoms with Crippen molar-refractivity contribution in [2.24, 2.45) is 17.8 Å². The number of carbonyl (C=O) groups excluding carboxylic acids is 1. The number of nitrogens with two attached hydrogens (primary N) is 1. The molecule has 102 valence electrons. The topological polar surface area (TPSA) is 55.1 Å². The summed E-state index contributed by atoms with van der Waals surface area (Å²) in [5, 5.41) is 3.49. The molecule has 0 radical (unpaired) electrons. The molecule has 1 aromatic carbocycles. The highest BCUT2D eigenvalue weighted by atomic mass is 16.1. The molecule has 0 amide bonds. The van der Waals surface area contributed by atoms with Crippen LogP contribution in [-0.4, -0.2) is 12.3 Å². The zero-order chi connectivity index (χ0) is 13.4. The van der Waals surface area contributed by atoms with E-state index >= 15 is 0 Å². The zero-order valence-corrected chi connectivity index (χ0v) is 11.5. The van der Waals surface area contributed by atoms with E-state index in [2.05, 4.69) is 5.32 Å². The van der Waals surface area contributed by atoms with Gasteiger partial charge in [-0.3, -0.25) is 4.79 Å². The summed E-state index contributed by atoms with van der Waals surface area (Å²) in [6.07, 6.45) is 5.67. The lowest BCUT2D eigenvalue weighted by molar-refractivity contribution is 0.101. The van der Waals surface area contributed by atoms with Gasteiger partial charge in [-0.2, -0.15) is 0 Å². The van der Waals surface area contributed by atoms with E-state index < -0.39 is 0 Å². The molecule has 0 saturated heterocycles. The van der Waals surface area contributed by atoms with Crippen molar-refractivity contribution in [2.75, 3.05) is 17.6 Å². The quantitative estimate of drug-likeness (QED) is 0.643. The van der Waals surface area contributed by atoms with Crippen LogP contribution in [0.3, 0.4) is 0 Å². The number of rotatable bonds is 4. The third-order valence-corrected chi connectivity index (χ3v) is 4.89. The molecule has 2 fully saturated rings. The molecule has 1 aromatic rings. The number of benzene rings is 1. The van der Waals surface area contributed by atoms with E-state index in [4.69, 9.17) is 5.73 Å². The van der Waals surface area contributed by atoms with Crippen LogP contribution in [0.15, 0.2) is 18.2 Å². The van der Waals surface area contributed by atoms with Crippen molar-refractivity contribution in [2.45, 2.75) is 32.6 Å². The molecule has 3 rings (SSSR count). The Labute approximate surface area is 114 Å². The summed E-state index contributed by atoms with van der Waals surface area (Å²) in [5.74, 6) is 2.76. The summed E-state index contributed by atoms with van der Waals surface area (Å²) >= 11 is 0. The Morgan fingerprint density at radius 2 is 2.21 bits per heavy atom. The molecular formula is C16H22N2O. The van der Waals surface area contributed by atoms with Crippen LogP contribution in [0.4, 0.5) is 11.4 Å². The molecule has 3 unspecified atom stereocenters. The van der Waals surface area contributed by atoms with Gasteiger partial charge in [-0.1, -0.05) is 6.42 Å². The van der Waals surface area contributed by atoms with Crippen molar-refractivity contribution in [3.05, 3.63) is 23.8 Å². The minimum absolute atomic E-state index is 0.0288. The first-order chi connectivity index (χ1) is 9.13. The number of ketones is 1. The maximum atomic E-state index is 11.5. The maximum Gasteiger partial charge on any atom is 0.161 e. The normalized spacial score (nSPS) is 28.6. The first-order valence-corrected chi connectivity index (χ1v) is 7.28. The van der Waals surface area contributed by atoms with Gasteiger partial charge in [0.05, 0.1) is 0 Å². The third-order valence-electron chi connectivity index (χ3n) is 4.89. The third kappa shape index (κ3) is 2.46. The fourth-order valence-corrected chi connectivity index (χ4v) is 3.85. The summed E-state index contributed by atoms with van der Waals surface area (Å²) in [6, 6.07) is 5.67. The SMILES string of the molecule is CC(=O)c1cc(NCC2CC3CCC2C3)ccc1N. The number of Topliss-reactive ketones (excluding diaryl/α,β-unsaturated/α-hetero) is 1. The Morgan fingerprint density at radius 1 is 1.37 bits per heavy atom. The molecule has 2 saturated carbocycles. The molecule has 2 bridgehead atoms. The molecule has 2 aliphatic carbocycles. The number of nitrogens with one attached hydrogen (secondary N) is 1. The van der Waals surface area contributed by atoms with E-state index in [1.54, 1.807) is 6.92 Å². The van der Waals surface area contributed by atoms with Crippen molar-refractivity contribution in [3.8, 4) is 0 Å². The first-order valence-electron chi connectivity index (χ1n) is 7.28. The average molecular weight is 258 g/mol. The Kier molecular flexibility index (Phi) is 3.21. The summed E-state index contributed by atoms with van der Waals surface area (Å²) in [6.45, 7) is 2.59. The lowest BCUT2D eigenvalue weighted by Crippen LogP contribution is -2.20. The number of fused-ring (bicyclic) bond motifs is 2. The van der Waals surface area contributed by atoms with E-state index in [0.717, 1.165) is 30.0 Å². The largest absolute Gasteiger partial charge is 0.398 e. The van der Waals surface area contributed by atoms with Crippen LogP contribution in [0.1, 0.15) is 43.0 Å². The van der Waals surface area contributed by atoms with Gasteiger partial charge in [0.2, 0.25) is 0 Å². The van der Waals surface area contributed by atoms with Gasteiger partial charge in [0.15, 0.2) is 5.78 Å². The lowest BCUT2D eigenvalue weighted by Gasteiger charge is -2.22. The summed E-state index contributed by atoms with van der Waals surface area (Å²) in [4.78, 5) is 11.5. The van der Waals surface area contributed by atoms with Gasteiger partial charge in [-0.05, 0) is 62.1 Å². The van der Waals surface area contributed by atoms with Crippen LogP contribution < -0.4 is 11.1 Å².